The normalized spacial score (nSPS) is 14.9. The Bertz CT molecular complexity index is 323. The predicted octanol–water partition coefficient (Wildman–Crippen LogP) is 2.88. The number of hydrogen-bond donors (Lipinski definition) is 2. The van der Waals surface area contributed by atoms with E-state index in [9.17, 15) is 9.50 Å². The molecule has 0 saturated carbocycles. The smallest absolute Gasteiger partial charge is 0.123 e. The van der Waals surface area contributed by atoms with Crippen molar-refractivity contribution in [3.8, 4) is 0 Å². The Hall–Kier alpha value is -0.930. The Morgan fingerprint density at radius 2 is 1.82 bits per heavy atom. The van der Waals surface area contributed by atoms with Gasteiger partial charge in [-0.05, 0) is 30.0 Å². The van der Waals surface area contributed by atoms with E-state index < -0.39 is 0 Å². The van der Waals surface area contributed by atoms with Gasteiger partial charge in [0.05, 0.1) is 6.61 Å². The molecule has 0 aromatic heterocycles. The van der Waals surface area contributed by atoms with Crippen molar-refractivity contribution < 1.29 is 9.50 Å². The van der Waals surface area contributed by atoms with Crippen LogP contribution in [0.1, 0.15) is 38.8 Å². The molecular weight excluding hydrogens is 217 g/mol. The highest BCUT2D eigenvalue weighted by Gasteiger charge is 2.17. The van der Waals surface area contributed by atoms with E-state index in [1.807, 2.05) is 0 Å². The monoisotopic (exact) mass is 239 g/mol. The van der Waals surface area contributed by atoms with Crippen LogP contribution in [0.2, 0.25) is 0 Å². The zero-order valence-corrected chi connectivity index (χ0v) is 10.8. The van der Waals surface area contributed by atoms with Crippen LogP contribution in [-0.4, -0.2) is 17.8 Å². The molecule has 17 heavy (non-hydrogen) atoms. The lowest BCUT2D eigenvalue weighted by Crippen LogP contribution is -2.39. The summed E-state index contributed by atoms with van der Waals surface area (Å²) in [6.45, 7) is 6.35. The van der Waals surface area contributed by atoms with Gasteiger partial charge in [-0.25, -0.2) is 4.39 Å². The summed E-state index contributed by atoms with van der Waals surface area (Å²) >= 11 is 0. The standard InChI is InChI=1S/C14H22FNO/c1-4-13(16-14(9-17)10(2)3)11-5-7-12(15)8-6-11/h5-8,10,13-14,16-17H,4,9H2,1-3H3/t13?,14-/m1/s1. The Balaban J connectivity index is 2.74. The Morgan fingerprint density at radius 1 is 1.24 bits per heavy atom. The van der Waals surface area contributed by atoms with Gasteiger partial charge in [0.15, 0.2) is 0 Å². The molecule has 2 N–H and O–H groups in total. The minimum atomic E-state index is -0.217. The van der Waals surface area contributed by atoms with Gasteiger partial charge in [-0.2, -0.15) is 0 Å². The van der Waals surface area contributed by atoms with Crippen LogP contribution < -0.4 is 5.32 Å². The number of hydrogen-bond acceptors (Lipinski definition) is 2. The van der Waals surface area contributed by atoms with Crippen molar-refractivity contribution in [2.24, 2.45) is 5.92 Å². The Labute approximate surface area is 103 Å². The van der Waals surface area contributed by atoms with Crippen LogP contribution in [0.15, 0.2) is 24.3 Å². The number of rotatable bonds is 6. The van der Waals surface area contributed by atoms with Crippen molar-refractivity contribution in [3.05, 3.63) is 35.6 Å². The van der Waals surface area contributed by atoms with Crippen LogP contribution in [0, 0.1) is 11.7 Å². The van der Waals surface area contributed by atoms with E-state index >= 15 is 0 Å². The molecular formula is C14H22FNO. The summed E-state index contributed by atoms with van der Waals surface area (Å²) in [6.07, 6.45) is 0.912. The van der Waals surface area contributed by atoms with E-state index in [1.165, 1.54) is 12.1 Å². The average molecular weight is 239 g/mol. The molecule has 1 aromatic carbocycles. The van der Waals surface area contributed by atoms with Gasteiger partial charge in [0.2, 0.25) is 0 Å². The summed E-state index contributed by atoms with van der Waals surface area (Å²) in [6, 6.07) is 6.78. The summed E-state index contributed by atoms with van der Waals surface area (Å²) in [5.74, 6) is 0.153. The SMILES string of the molecule is CCC(N[C@H](CO)C(C)C)c1ccc(F)cc1. The van der Waals surface area contributed by atoms with Gasteiger partial charge in [0.25, 0.3) is 0 Å². The van der Waals surface area contributed by atoms with Gasteiger partial charge in [0, 0.05) is 12.1 Å². The largest absolute Gasteiger partial charge is 0.395 e. The third kappa shape index (κ3) is 4.10. The summed E-state index contributed by atoms with van der Waals surface area (Å²) in [5.41, 5.74) is 1.06. The van der Waals surface area contributed by atoms with Crippen molar-refractivity contribution in [2.45, 2.75) is 39.3 Å². The lowest BCUT2D eigenvalue weighted by molar-refractivity contribution is 0.198. The van der Waals surface area contributed by atoms with Gasteiger partial charge in [0.1, 0.15) is 5.82 Å². The van der Waals surface area contributed by atoms with Gasteiger partial charge >= 0.3 is 0 Å². The number of halogens is 1. The van der Waals surface area contributed by atoms with Crippen molar-refractivity contribution >= 4 is 0 Å². The van der Waals surface area contributed by atoms with Crippen molar-refractivity contribution in [1.29, 1.82) is 0 Å². The molecule has 0 aliphatic heterocycles. The second kappa shape index (κ2) is 6.72. The van der Waals surface area contributed by atoms with Crippen LogP contribution in [0.3, 0.4) is 0 Å². The number of nitrogens with one attached hydrogen (secondary N) is 1. The number of benzene rings is 1. The van der Waals surface area contributed by atoms with E-state index in [0.29, 0.717) is 5.92 Å². The third-order valence-electron chi connectivity index (χ3n) is 3.10. The number of aliphatic hydroxyl groups excluding tert-OH is 1. The topological polar surface area (TPSA) is 32.3 Å². The molecule has 3 heteroatoms. The minimum absolute atomic E-state index is 0.0741. The highest BCUT2D eigenvalue weighted by atomic mass is 19.1. The lowest BCUT2D eigenvalue weighted by Gasteiger charge is -2.26. The van der Waals surface area contributed by atoms with Crippen LogP contribution in [-0.2, 0) is 0 Å². The van der Waals surface area contributed by atoms with Crippen LogP contribution in [0.4, 0.5) is 4.39 Å². The molecule has 1 aromatic rings. The van der Waals surface area contributed by atoms with E-state index in [2.05, 4.69) is 26.1 Å². The van der Waals surface area contributed by atoms with Crippen molar-refractivity contribution in [1.82, 2.24) is 5.32 Å². The lowest BCUT2D eigenvalue weighted by atomic mass is 9.99. The molecule has 1 unspecified atom stereocenters. The molecule has 0 aliphatic carbocycles. The first-order valence-corrected chi connectivity index (χ1v) is 6.20. The summed E-state index contributed by atoms with van der Waals surface area (Å²) < 4.78 is 12.9. The first-order valence-electron chi connectivity index (χ1n) is 6.20. The van der Waals surface area contributed by atoms with Crippen LogP contribution in [0.25, 0.3) is 0 Å². The highest BCUT2D eigenvalue weighted by Crippen LogP contribution is 2.19. The molecule has 0 fully saturated rings. The third-order valence-corrected chi connectivity index (χ3v) is 3.10. The van der Waals surface area contributed by atoms with Crippen LogP contribution >= 0.6 is 0 Å². The number of aliphatic hydroxyl groups is 1. The van der Waals surface area contributed by atoms with Crippen LogP contribution in [0.5, 0.6) is 0 Å². The minimum Gasteiger partial charge on any atom is -0.395 e. The van der Waals surface area contributed by atoms with E-state index in [-0.39, 0.29) is 24.5 Å². The fourth-order valence-corrected chi connectivity index (χ4v) is 1.86. The summed E-state index contributed by atoms with van der Waals surface area (Å²) in [5, 5.41) is 12.7. The summed E-state index contributed by atoms with van der Waals surface area (Å²) in [4.78, 5) is 0. The molecule has 0 heterocycles. The van der Waals surface area contributed by atoms with Crippen molar-refractivity contribution in [2.75, 3.05) is 6.61 Å². The molecule has 2 atom stereocenters. The fraction of sp³-hybridized carbons (Fsp3) is 0.571. The quantitative estimate of drug-likeness (QED) is 0.800. The summed E-state index contributed by atoms with van der Waals surface area (Å²) in [7, 11) is 0. The van der Waals surface area contributed by atoms with Gasteiger partial charge in [-0.1, -0.05) is 32.9 Å². The molecule has 2 nitrogen and oxygen atoms in total. The second-order valence-electron chi connectivity index (χ2n) is 4.71. The van der Waals surface area contributed by atoms with E-state index in [4.69, 9.17) is 0 Å². The molecule has 1 rings (SSSR count). The zero-order valence-electron chi connectivity index (χ0n) is 10.8. The van der Waals surface area contributed by atoms with E-state index in [1.54, 1.807) is 12.1 Å². The first-order chi connectivity index (χ1) is 8.08. The predicted molar refractivity (Wildman–Crippen MR) is 68.3 cm³/mol. The molecule has 0 saturated heterocycles. The molecule has 0 aliphatic rings. The zero-order chi connectivity index (χ0) is 12.8. The Morgan fingerprint density at radius 3 is 2.24 bits per heavy atom. The molecule has 0 radical (unpaired) electrons. The molecule has 0 amide bonds. The molecule has 0 bridgehead atoms. The fourth-order valence-electron chi connectivity index (χ4n) is 1.86. The Kier molecular flexibility index (Phi) is 5.59. The van der Waals surface area contributed by atoms with Gasteiger partial charge in [-0.3, -0.25) is 0 Å². The highest BCUT2D eigenvalue weighted by molar-refractivity contribution is 5.20. The van der Waals surface area contributed by atoms with Gasteiger partial charge in [-0.15, -0.1) is 0 Å². The van der Waals surface area contributed by atoms with E-state index in [0.717, 1.165) is 12.0 Å². The average Bonchev–Trinajstić information content (AvgIpc) is 2.32. The molecule has 96 valence electrons. The maximum atomic E-state index is 12.9. The van der Waals surface area contributed by atoms with Crippen molar-refractivity contribution in [3.63, 3.8) is 0 Å². The first kappa shape index (κ1) is 14.1. The maximum absolute atomic E-state index is 12.9. The maximum Gasteiger partial charge on any atom is 0.123 e. The second-order valence-corrected chi connectivity index (χ2v) is 4.71. The van der Waals surface area contributed by atoms with Gasteiger partial charge < -0.3 is 10.4 Å². The molecule has 0 spiro atoms.